The van der Waals surface area contributed by atoms with Gasteiger partial charge in [-0.15, -0.1) is 9.59 Å². The molecule has 0 radical (unpaired) electrons. The molecule has 0 fully saturated rings. The van der Waals surface area contributed by atoms with Gasteiger partial charge >= 0.3 is 17.3 Å². The summed E-state index contributed by atoms with van der Waals surface area (Å²) in [6.45, 7) is 23.0. The molecule has 8 rings (SSSR count). The maximum Gasteiger partial charge on any atom is 0.333 e. The molecule has 6 aromatic heterocycles. The Bertz CT molecular complexity index is 4030. The number of nitrogens with two attached hydrogens (primary N) is 1. The second-order valence-corrected chi connectivity index (χ2v) is 26.4. The number of nitrogens with zero attached hydrogens (tertiary/aromatic N) is 10. The molecule has 492 valence electrons. The maximum atomic E-state index is 14.6. The van der Waals surface area contributed by atoms with Gasteiger partial charge in [0.1, 0.15) is 66.1 Å². The lowest BCUT2D eigenvalue weighted by Crippen LogP contribution is -2.53. The molecule has 6 heterocycles. The molecule has 0 aliphatic heterocycles. The minimum absolute atomic E-state index is 0. The summed E-state index contributed by atoms with van der Waals surface area (Å²) >= 11 is 2.24. The third-order valence-corrected chi connectivity index (χ3v) is 16.9. The molecule has 0 spiro atoms. The van der Waals surface area contributed by atoms with Crippen molar-refractivity contribution < 1.29 is 52.6 Å². The summed E-state index contributed by atoms with van der Waals surface area (Å²) in [6.07, 6.45) is 4.67. The van der Waals surface area contributed by atoms with Gasteiger partial charge in [-0.25, -0.2) is 32.3 Å². The number of methoxy groups -OCH3 is 2. The number of carbonyl (C=O) groups is 2. The summed E-state index contributed by atoms with van der Waals surface area (Å²) in [5.74, 6) is -2.08. The highest BCUT2D eigenvalue weighted by Gasteiger charge is 2.38. The SMILES string of the molecule is C.CC(C)N.COc1ccc(F)cc1[C@H](Cn1c(=O)n(C(C)(C)C(=O)CC(C)C)c(=O)c2c(C)c(-n3nccn3)sc21)OCCC(C)(C)O.COc1ccc(F)cc1[C@H](Cn1c(=O)n(C(C)(C)C(=O)O)c(=O)c2c(C)c(-n3nccn3)sc21)OCCC(C)(C)O. The summed E-state index contributed by atoms with van der Waals surface area (Å²) in [6, 6.07) is 8.23. The van der Waals surface area contributed by atoms with E-state index in [1.54, 1.807) is 55.4 Å². The Balaban J connectivity index is 0.000000306. The number of fused-ring (bicyclic) bond motifs is 2. The van der Waals surface area contributed by atoms with Gasteiger partial charge in [-0.05, 0) is 130 Å². The van der Waals surface area contributed by atoms with Gasteiger partial charge in [0.2, 0.25) is 0 Å². The second-order valence-electron chi connectivity index (χ2n) is 24.4. The van der Waals surface area contributed by atoms with E-state index < -0.39 is 74.6 Å². The smallest absolute Gasteiger partial charge is 0.333 e. The van der Waals surface area contributed by atoms with E-state index in [2.05, 4.69) is 20.4 Å². The number of carboxylic acid groups (broad SMARTS) is 1. The Morgan fingerprint density at radius 1 is 0.622 bits per heavy atom. The quantitative estimate of drug-likeness (QED) is 0.0440. The number of rotatable bonds is 24. The normalized spacial score (nSPS) is 12.8. The van der Waals surface area contributed by atoms with Gasteiger partial charge in [-0.2, -0.15) is 20.4 Å². The second kappa shape index (κ2) is 29.6. The lowest BCUT2D eigenvalue weighted by Gasteiger charge is -2.28. The van der Waals surface area contributed by atoms with Crippen molar-refractivity contribution >= 4 is 54.9 Å². The number of carboxylic acids is 1. The first kappa shape index (κ1) is 73.1. The Morgan fingerprint density at radius 3 is 1.28 bits per heavy atom. The summed E-state index contributed by atoms with van der Waals surface area (Å²) < 4.78 is 56.7. The van der Waals surface area contributed by atoms with Crippen LogP contribution in [0, 0.1) is 31.4 Å². The van der Waals surface area contributed by atoms with E-state index in [-0.39, 0.29) is 80.3 Å². The molecule has 0 aliphatic carbocycles. The highest BCUT2D eigenvalue weighted by molar-refractivity contribution is 7.21. The average molecular weight is 1290 g/mol. The number of aliphatic carboxylic acids is 1. The van der Waals surface area contributed by atoms with Crippen molar-refractivity contribution in [2.75, 3.05) is 27.4 Å². The van der Waals surface area contributed by atoms with Crippen molar-refractivity contribution in [3.63, 3.8) is 0 Å². The third-order valence-electron chi connectivity index (χ3n) is 14.3. The van der Waals surface area contributed by atoms with E-state index in [0.29, 0.717) is 59.2 Å². The van der Waals surface area contributed by atoms with Crippen LogP contribution in [-0.4, -0.2) is 120 Å². The largest absolute Gasteiger partial charge is 0.496 e. The molecule has 0 unspecified atom stereocenters. The van der Waals surface area contributed by atoms with Crippen LogP contribution in [0.2, 0.25) is 0 Å². The number of hydrogen-bond acceptors (Lipinski definition) is 19. The molecular formula is C62H85F2N11O13S2. The summed E-state index contributed by atoms with van der Waals surface area (Å²) in [7, 11) is 2.86. The summed E-state index contributed by atoms with van der Waals surface area (Å²) in [5.41, 5.74) is -1.69. The minimum Gasteiger partial charge on any atom is -0.496 e. The van der Waals surface area contributed by atoms with Gasteiger partial charge in [0, 0.05) is 28.7 Å². The molecule has 2 atom stereocenters. The molecule has 8 aromatic rings. The van der Waals surface area contributed by atoms with E-state index in [1.807, 2.05) is 27.7 Å². The monoisotopic (exact) mass is 1290 g/mol. The molecule has 0 amide bonds. The summed E-state index contributed by atoms with van der Waals surface area (Å²) in [4.78, 5) is 85.3. The highest BCUT2D eigenvalue weighted by Crippen LogP contribution is 2.37. The molecule has 0 aliphatic rings. The number of carbonyl (C=O) groups excluding carboxylic acids is 1. The molecule has 24 nitrogen and oxygen atoms in total. The van der Waals surface area contributed by atoms with Crippen LogP contribution < -0.4 is 37.7 Å². The average Bonchev–Trinajstić information content (AvgIpc) is 1.48. The summed E-state index contributed by atoms with van der Waals surface area (Å²) in [5, 5.41) is 48.6. The fourth-order valence-electron chi connectivity index (χ4n) is 9.47. The Hall–Kier alpha value is -7.60. The number of halogens is 2. The Labute approximate surface area is 528 Å². The number of Topliss-reactive ketones (excluding diaryl/α,β-unsaturated/α-hetero) is 1. The minimum atomic E-state index is -1.91. The zero-order valence-corrected chi connectivity index (χ0v) is 54.7. The van der Waals surface area contributed by atoms with Crippen molar-refractivity contribution in [1.29, 1.82) is 0 Å². The molecule has 0 saturated carbocycles. The molecule has 0 saturated heterocycles. The van der Waals surface area contributed by atoms with Crippen molar-refractivity contribution in [2.24, 2.45) is 11.7 Å². The van der Waals surface area contributed by atoms with Gasteiger partial charge in [0.15, 0.2) is 5.78 Å². The predicted molar refractivity (Wildman–Crippen MR) is 342 cm³/mol. The van der Waals surface area contributed by atoms with Gasteiger partial charge in [0.25, 0.3) is 11.1 Å². The van der Waals surface area contributed by atoms with Crippen LogP contribution in [0.1, 0.15) is 144 Å². The van der Waals surface area contributed by atoms with Crippen molar-refractivity contribution in [3.8, 4) is 21.5 Å². The van der Waals surface area contributed by atoms with Crippen molar-refractivity contribution in [1.82, 2.24) is 48.3 Å². The van der Waals surface area contributed by atoms with E-state index in [1.165, 1.54) is 108 Å². The molecular weight excluding hydrogens is 1210 g/mol. The van der Waals surface area contributed by atoms with Crippen LogP contribution >= 0.6 is 22.7 Å². The van der Waals surface area contributed by atoms with Gasteiger partial charge in [0.05, 0.1) is 87.3 Å². The molecule has 28 heteroatoms. The fourth-order valence-corrected chi connectivity index (χ4v) is 11.9. The first-order chi connectivity index (χ1) is 41.5. The van der Waals surface area contributed by atoms with Crippen molar-refractivity contribution in [2.45, 2.75) is 177 Å². The molecule has 90 heavy (non-hydrogen) atoms. The fraction of sp³-hybridized carbons (Fsp3) is 0.516. The van der Waals surface area contributed by atoms with Gasteiger partial charge in [-0.1, -0.05) is 57.8 Å². The number of aryl methyl sites for hydroxylation is 2. The standard InChI is InChI=1S/C31H40FN5O6S.C27H32FN5O7S.C3H9N.CH4/c1-18(2)15-24(38)31(6,7)36-26(39)25-19(3)27(37-33-12-13-34-37)44-28(25)35(29(36)40)17-23(43-14-11-30(4,5)41)21-16-20(32)9-10-22(21)42-8;1-15-20-21(34)32(27(4,5)24(35)36)25(37)31(23(20)41-22(15)33-29-10-11-30-33)14-19(40-12-9-26(2,3)38)17-13-16(28)7-8-18(17)39-6;1-3(2)4;/h9-10,12-13,16,18,23,41H,11,14-15,17H2,1-8H3;7-8,10-11,13,19,38H,9,12,14H2,1-6H3,(H,35,36);3H,4H2,1-2H3;1H4/t23-;19-;;/m00../s1. The number of hydrogen-bond donors (Lipinski definition) is 4. The molecule has 2 aromatic carbocycles. The lowest BCUT2D eigenvalue weighted by atomic mass is 9.91. The number of benzene rings is 2. The zero-order chi connectivity index (χ0) is 66.4. The van der Waals surface area contributed by atoms with Gasteiger partial charge in [-0.3, -0.25) is 23.5 Å². The van der Waals surface area contributed by atoms with Gasteiger partial charge < -0.3 is 40.0 Å². The van der Waals surface area contributed by atoms with Crippen LogP contribution in [0.15, 0.2) is 80.4 Å². The maximum absolute atomic E-state index is 14.6. The van der Waals surface area contributed by atoms with E-state index in [4.69, 9.17) is 24.7 Å². The van der Waals surface area contributed by atoms with Crippen molar-refractivity contribution in [3.05, 3.63) is 137 Å². The third kappa shape index (κ3) is 16.7. The zero-order valence-electron chi connectivity index (χ0n) is 53.1. The first-order valence-corrected chi connectivity index (χ1v) is 30.3. The van der Waals surface area contributed by atoms with Crippen LogP contribution in [0.25, 0.3) is 30.4 Å². The van der Waals surface area contributed by atoms with Crippen LogP contribution in [-0.2, 0) is 43.2 Å². The Morgan fingerprint density at radius 2 is 0.967 bits per heavy atom. The lowest BCUT2D eigenvalue weighted by molar-refractivity contribution is -0.146. The Kier molecular flexibility index (Phi) is 24.0. The number of ketones is 1. The van der Waals surface area contributed by atoms with E-state index >= 15 is 0 Å². The van der Waals surface area contributed by atoms with E-state index in [9.17, 15) is 52.9 Å². The molecule has 5 N–H and O–H groups in total. The number of thiophene rings is 2. The van der Waals surface area contributed by atoms with Crippen LogP contribution in [0.5, 0.6) is 11.5 Å². The topological polar surface area (TPSA) is 307 Å². The highest BCUT2D eigenvalue weighted by atomic mass is 32.1. The number of aliphatic hydroxyl groups is 2. The van der Waals surface area contributed by atoms with Crippen LogP contribution in [0.4, 0.5) is 8.78 Å². The van der Waals surface area contributed by atoms with E-state index in [0.717, 1.165) is 27.2 Å². The first-order valence-electron chi connectivity index (χ1n) is 28.7. The predicted octanol–water partition coefficient (Wildman–Crippen LogP) is 8.52. The number of aromatic nitrogens is 10. The number of ether oxygens (including phenoxy) is 4. The molecule has 0 bridgehead atoms. The van der Waals surface area contributed by atoms with Crippen LogP contribution in [0.3, 0.4) is 0 Å².